The van der Waals surface area contributed by atoms with Crippen molar-refractivity contribution in [3.05, 3.63) is 23.9 Å². The molecule has 4 nitrogen and oxygen atoms in total. The summed E-state index contributed by atoms with van der Waals surface area (Å²) in [7, 11) is 0. The second kappa shape index (κ2) is 5.88. The summed E-state index contributed by atoms with van der Waals surface area (Å²) in [6.45, 7) is 6.40. The van der Waals surface area contributed by atoms with Crippen LogP contribution >= 0.6 is 0 Å². The van der Waals surface area contributed by atoms with Crippen molar-refractivity contribution in [1.29, 1.82) is 0 Å². The van der Waals surface area contributed by atoms with E-state index in [1.165, 1.54) is 38.9 Å². The maximum atomic E-state index is 5.60. The van der Waals surface area contributed by atoms with Gasteiger partial charge in [-0.3, -0.25) is 4.90 Å². The van der Waals surface area contributed by atoms with E-state index in [1.54, 1.807) is 0 Å². The van der Waals surface area contributed by atoms with Gasteiger partial charge in [0.2, 0.25) is 0 Å². The topological polar surface area (TPSA) is 45.4 Å². The highest BCUT2D eigenvalue weighted by Gasteiger charge is 2.23. The summed E-state index contributed by atoms with van der Waals surface area (Å²) < 4.78 is 0. The molecule has 2 N–H and O–H groups in total. The standard InChI is InChI=1S/C15H24N4/c16-11-14-3-4-15(17-12-14)19-9-7-18(8-10-19)6-5-13-1-2-13/h3-4,12-13H,1-2,5-11,16H2. The highest BCUT2D eigenvalue weighted by atomic mass is 15.3. The average Bonchev–Trinajstić information content (AvgIpc) is 3.30. The van der Waals surface area contributed by atoms with Crippen LogP contribution in [0.15, 0.2) is 18.3 Å². The molecule has 2 heterocycles. The van der Waals surface area contributed by atoms with Crippen LogP contribution in [0.3, 0.4) is 0 Å². The van der Waals surface area contributed by atoms with Crippen LogP contribution in [-0.4, -0.2) is 42.6 Å². The first-order valence-corrected chi connectivity index (χ1v) is 7.47. The van der Waals surface area contributed by atoms with Crippen molar-refractivity contribution in [2.45, 2.75) is 25.8 Å². The second-order valence-electron chi connectivity index (χ2n) is 5.79. The van der Waals surface area contributed by atoms with Crippen molar-refractivity contribution >= 4 is 5.82 Å². The van der Waals surface area contributed by atoms with Crippen molar-refractivity contribution in [3.63, 3.8) is 0 Å². The molecule has 0 unspecified atom stereocenters. The van der Waals surface area contributed by atoms with E-state index >= 15 is 0 Å². The number of hydrogen-bond donors (Lipinski definition) is 1. The average molecular weight is 260 g/mol. The van der Waals surface area contributed by atoms with Gasteiger partial charge in [0.1, 0.15) is 5.82 Å². The van der Waals surface area contributed by atoms with E-state index in [9.17, 15) is 0 Å². The summed E-state index contributed by atoms with van der Waals surface area (Å²) in [5, 5.41) is 0. The molecule has 1 aliphatic carbocycles. The summed E-state index contributed by atoms with van der Waals surface area (Å²) in [6, 6.07) is 4.18. The molecule has 1 aromatic heterocycles. The van der Waals surface area contributed by atoms with E-state index in [0.29, 0.717) is 6.54 Å². The maximum Gasteiger partial charge on any atom is 0.128 e. The molecule has 2 fully saturated rings. The monoisotopic (exact) mass is 260 g/mol. The molecule has 3 rings (SSSR count). The first-order valence-electron chi connectivity index (χ1n) is 7.47. The van der Waals surface area contributed by atoms with Gasteiger partial charge in [0.05, 0.1) is 0 Å². The van der Waals surface area contributed by atoms with Crippen LogP contribution in [0.1, 0.15) is 24.8 Å². The molecule has 2 aliphatic rings. The number of anilines is 1. The molecule has 0 atom stereocenters. The van der Waals surface area contributed by atoms with Crippen LogP contribution in [0.5, 0.6) is 0 Å². The minimum Gasteiger partial charge on any atom is -0.354 e. The predicted octanol–water partition coefficient (Wildman–Crippen LogP) is 1.46. The largest absolute Gasteiger partial charge is 0.354 e. The molecule has 104 valence electrons. The normalized spacial score (nSPS) is 20.8. The molecular formula is C15H24N4. The van der Waals surface area contributed by atoms with Gasteiger partial charge in [-0.15, -0.1) is 0 Å². The zero-order valence-electron chi connectivity index (χ0n) is 11.6. The molecule has 1 aliphatic heterocycles. The first kappa shape index (κ1) is 12.9. The van der Waals surface area contributed by atoms with Gasteiger partial charge in [-0.25, -0.2) is 4.98 Å². The fourth-order valence-electron chi connectivity index (χ4n) is 2.70. The van der Waals surface area contributed by atoms with Gasteiger partial charge in [0.15, 0.2) is 0 Å². The molecule has 0 amide bonds. The van der Waals surface area contributed by atoms with Crippen LogP contribution in [0.25, 0.3) is 0 Å². The van der Waals surface area contributed by atoms with Crippen molar-refractivity contribution in [2.75, 3.05) is 37.6 Å². The minimum atomic E-state index is 0.572. The van der Waals surface area contributed by atoms with Gasteiger partial charge >= 0.3 is 0 Å². The quantitative estimate of drug-likeness (QED) is 0.870. The second-order valence-corrected chi connectivity index (χ2v) is 5.79. The third-order valence-electron chi connectivity index (χ3n) is 4.29. The van der Waals surface area contributed by atoms with Crippen molar-refractivity contribution in [3.8, 4) is 0 Å². The van der Waals surface area contributed by atoms with E-state index in [-0.39, 0.29) is 0 Å². The van der Waals surface area contributed by atoms with Crippen molar-refractivity contribution < 1.29 is 0 Å². The number of nitrogens with zero attached hydrogens (tertiary/aromatic N) is 3. The number of rotatable bonds is 5. The van der Waals surface area contributed by atoms with Crippen molar-refractivity contribution in [2.24, 2.45) is 11.7 Å². The van der Waals surface area contributed by atoms with Gasteiger partial charge in [-0.05, 0) is 30.5 Å². The Hall–Kier alpha value is -1.13. The number of aromatic nitrogens is 1. The Labute approximate surface area is 115 Å². The first-order chi connectivity index (χ1) is 9.35. The highest BCUT2D eigenvalue weighted by Crippen LogP contribution is 2.32. The van der Waals surface area contributed by atoms with E-state index < -0.39 is 0 Å². The van der Waals surface area contributed by atoms with Crippen LogP contribution in [-0.2, 0) is 6.54 Å². The Kier molecular flexibility index (Phi) is 3.99. The molecule has 0 bridgehead atoms. The molecule has 4 heteroatoms. The smallest absolute Gasteiger partial charge is 0.128 e. The van der Waals surface area contributed by atoms with E-state index in [2.05, 4.69) is 26.9 Å². The molecule has 0 spiro atoms. The van der Waals surface area contributed by atoms with Gasteiger partial charge in [0.25, 0.3) is 0 Å². The lowest BCUT2D eigenvalue weighted by atomic mass is 10.2. The lowest BCUT2D eigenvalue weighted by Gasteiger charge is -2.35. The molecule has 1 saturated heterocycles. The van der Waals surface area contributed by atoms with Crippen molar-refractivity contribution in [1.82, 2.24) is 9.88 Å². The third-order valence-corrected chi connectivity index (χ3v) is 4.29. The zero-order chi connectivity index (χ0) is 13.1. The molecule has 19 heavy (non-hydrogen) atoms. The van der Waals surface area contributed by atoms with Gasteiger partial charge in [0, 0.05) is 38.9 Å². The number of hydrogen-bond acceptors (Lipinski definition) is 4. The fourth-order valence-corrected chi connectivity index (χ4v) is 2.70. The molecule has 1 saturated carbocycles. The van der Waals surface area contributed by atoms with Crippen LogP contribution in [0.2, 0.25) is 0 Å². The summed E-state index contributed by atoms with van der Waals surface area (Å²) >= 11 is 0. The highest BCUT2D eigenvalue weighted by molar-refractivity contribution is 5.39. The lowest BCUT2D eigenvalue weighted by Crippen LogP contribution is -2.47. The SMILES string of the molecule is NCc1ccc(N2CCN(CCC3CC3)CC2)nc1. The minimum absolute atomic E-state index is 0.572. The molecule has 1 aromatic rings. The van der Waals surface area contributed by atoms with Crippen LogP contribution in [0, 0.1) is 5.92 Å². The third kappa shape index (κ3) is 3.45. The number of nitrogens with two attached hydrogens (primary N) is 1. The van der Waals surface area contributed by atoms with E-state index in [1.807, 2.05) is 6.20 Å². The summed E-state index contributed by atoms with van der Waals surface area (Å²) in [5.41, 5.74) is 6.70. The summed E-state index contributed by atoms with van der Waals surface area (Å²) in [6.07, 6.45) is 6.24. The molecule has 0 aromatic carbocycles. The number of piperazine rings is 1. The van der Waals surface area contributed by atoms with Crippen LogP contribution < -0.4 is 10.6 Å². The number of pyridine rings is 1. The van der Waals surface area contributed by atoms with Gasteiger partial charge < -0.3 is 10.6 Å². The predicted molar refractivity (Wildman–Crippen MR) is 78.1 cm³/mol. The van der Waals surface area contributed by atoms with Gasteiger partial charge in [-0.1, -0.05) is 18.9 Å². The Morgan fingerprint density at radius 2 is 1.95 bits per heavy atom. The Balaban J connectivity index is 1.47. The lowest BCUT2D eigenvalue weighted by molar-refractivity contribution is 0.250. The fraction of sp³-hybridized carbons (Fsp3) is 0.667. The Morgan fingerprint density at radius 3 is 2.53 bits per heavy atom. The Bertz CT molecular complexity index is 391. The summed E-state index contributed by atoms with van der Waals surface area (Å²) in [5.74, 6) is 2.14. The van der Waals surface area contributed by atoms with E-state index in [0.717, 1.165) is 30.4 Å². The zero-order valence-corrected chi connectivity index (χ0v) is 11.6. The maximum absolute atomic E-state index is 5.60. The van der Waals surface area contributed by atoms with E-state index in [4.69, 9.17) is 5.73 Å². The van der Waals surface area contributed by atoms with Crippen LogP contribution in [0.4, 0.5) is 5.82 Å². The molecule has 0 radical (unpaired) electrons. The van der Waals surface area contributed by atoms with Gasteiger partial charge in [-0.2, -0.15) is 0 Å². The summed E-state index contributed by atoms with van der Waals surface area (Å²) in [4.78, 5) is 9.49. The molecular weight excluding hydrogens is 236 g/mol. The Morgan fingerprint density at radius 1 is 1.16 bits per heavy atom.